The molecule has 0 atom stereocenters. The van der Waals surface area contributed by atoms with E-state index in [0.29, 0.717) is 37.5 Å². The summed E-state index contributed by atoms with van der Waals surface area (Å²) in [5.41, 5.74) is 2.26. The predicted octanol–water partition coefficient (Wildman–Crippen LogP) is 6.11. The zero-order valence-corrected chi connectivity index (χ0v) is 16.9. The Morgan fingerprint density at radius 1 is 1.19 bits per heavy atom. The van der Waals surface area contributed by atoms with Gasteiger partial charge in [0.1, 0.15) is 22.6 Å². The molecular weight excluding hydrogens is 403 g/mol. The highest BCUT2D eigenvalue weighted by Crippen LogP contribution is 2.32. The van der Waals surface area contributed by atoms with Crippen LogP contribution in [0, 0.1) is 25.2 Å². The molecule has 0 saturated heterocycles. The number of aryl methyl sites for hydroxylation is 2. The number of pyridine rings is 1. The van der Waals surface area contributed by atoms with E-state index in [9.17, 15) is 10.1 Å². The lowest BCUT2D eigenvalue weighted by Crippen LogP contribution is -2.04. The number of carbonyl (C=O) groups is 1. The number of aromatic nitrogens is 1. The number of ketones is 1. The summed E-state index contributed by atoms with van der Waals surface area (Å²) in [4.78, 5) is 16.9. The number of thioether (sulfide) groups is 1. The minimum absolute atomic E-state index is 0.124. The van der Waals surface area contributed by atoms with Crippen LogP contribution in [-0.4, -0.2) is 16.5 Å². The van der Waals surface area contributed by atoms with Crippen LogP contribution >= 0.6 is 35.0 Å². The van der Waals surface area contributed by atoms with Gasteiger partial charge in [0.2, 0.25) is 0 Å². The van der Waals surface area contributed by atoms with Crippen molar-refractivity contribution in [1.29, 1.82) is 5.26 Å². The third-order valence-corrected chi connectivity index (χ3v) is 5.53. The van der Waals surface area contributed by atoms with Gasteiger partial charge in [-0.25, -0.2) is 4.98 Å². The molecule has 0 bridgehead atoms. The van der Waals surface area contributed by atoms with Crippen molar-refractivity contribution < 1.29 is 9.21 Å². The number of benzene rings is 1. The summed E-state index contributed by atoms with van der Waals surface area (Å²) in [6, 6.07) is 12.4. The van der Waals surface area contributed by atoms with Crippen LogP contribution in [0.5, 0.6) is 0 Å². The number of Topliss-reactive ketones (excluding diaryl/α,β-unsaturated/α-hetero) is 1. The Kier molecular flexibility index (Phi) is 5.91. The van der Waals surface area contributed by atoms with Gasteiger partial charge in [-0.2, -0.15) is 5.26 Å². The highest BCUT2D eigenvalue weighted by Gasteiger charge is 2.17. The van der Waals surface area contributed by atoms with E-state index in [-0.39, 0.29) is 11.5 Å². The summed E-state index contributed by atoms with van der Waals surface area (Å²) in [5, 5.41) is 10.9. The highest BCUT2D eigenvalue weighted by atomic mass is 35.5. The molecule has 0 aliphatic rings. The van der Waals surface area contributed by atoms with Crippen LogP contribution in [0.15, 0.2) is 45.8 Å². The lowest BCUT2D eigenvalue weighted by Gasteiger charge is -2.09. The maximum Gasteiger partial charge on any atom is 0.173 e. The van der Waals surface area contributed by atoms with E-state index in [0.717, 1.165) is 11.5 Å². The zero-order chi connectivity index (χ0) is 19.6. The van der Waals surface area contributed by atoms with Crippen LogP contribution in [0.1, 0.15) is 27.4 Å². The zero-order valence-electron chi connectivity index (χ0n) is 14.5. The topological polar surface area (TPSA) is 66.9 Å². The fraction of sp³-hybridized carbons (Fsp3) is 0.150. The number of nitrogens with zero attached hydrogens (tertiary/aromatic N) is 2. The van der Waals surface area contributed by atoms with Crippen LogP contribution in [0.25, 0.3) is 11.3 Å². The molecule has 0 aliphatic heterocycles. The molecule has 0 fully saturated rings. The average molecular weight is 417 g/mol. The molecule has 7 heteroatoms. The molecule has 27 heavy (non-hydrogen) atoms. The molecule has 0 spiro atoms. The first-order valence-corrected chi connectivity index (χ1v) is 9.73. The molecule has 0 N–H and O–H groups in total. The Hall–Kier alpha value is -2.26. The lowest BCUT2D eigenvalue weighted by atomic mass is 10.1. The van der Waals surface area contributed by atoms with Crippen molar-refractivity contribution in [2.45, 2.75) is 18.9 Å². The molecule has 0 saturated carbocycles. The maximum atomic E-state index is 12.5. The Labute approximate surface area is 171 Å². The van der Waals surface area contributed by atoms with Crippen molar-refractivity contribution in [3.63, 3.8) is 0 Å². The number of halogens is 2. The average Bonchev–Trinajstić information content (AvgIpc) is 3.07. The highest BCUT2D eigenvalue weighted by molar-refractivity contribution is 8.00. The SMILES string of the molecule is Cc1cc(-c2ccc(C)o2)c(C#N)c(SCC(=O)c2ccc(Cl)c(Cl)c2)n1. The number of nitriles is 1. The normalized spacial score (nSPS) is 10.6. The molecule has 1 aromatic carbocycles. The van der Waals surface area contributed by atoms with Gasteiger partial charge in [-0.3, -0.25) is 4.79 Å². The van der Waals surface area contributed by atoms with Crippen molar-refractivity contribution in [3.8, 4) is 17.4 Å². The second-order valence-corrected chi connectivity index (χ2v) is 7.63. The van der Waals surface area contributed by atoms with Gasteiger partial charge in [0.05, 0.1) is 21.4 Å². The molecule has 3 aromatic rings. The van der Waals surface area contributed by atoms with E-state index in [4.69, 9.17) is 27.6 Å². The first-order valence-electron chi connectivity index (χ1n) is 7.98. The Morgan fingerprint density at radius 2 is 1.96 bits per heavy atom. The quantitative estimate of drug-likeness (QED) is 0.370. The Bertz CT molecular complexity index is 1070. The smallest absolute Gasteiger partial charge is 0.173 e. The Morgan fingerprint density at radius 3 is 2.59 bits per heavy atom. The molecule has 3 rings (SSSR count). The van der Waals surface area contributed by atoms with Crippen molar-refractivity contribution in [3.05, 3.63) is 69.0 Å². The molecule has 0 radical (unpaired) electrons. The number of carbonyl (C=O) groups excluding carboxylic acids is 1. The molecule has 0 aliphatic carbocycles. The van der Waals surface area contributed by atoms with Gasteiger partial charge < -0.3 is 4.42 Å². The van der Waals surface area contributed by atoms with Gasteiger partial charge in [0.15, 0.2) is 5.78 Å². The van der Waals surface area contributed by atoms with Gasteiger partial charge in [0.25, 0.3) is 0 Å². The van der Waals surface area contributed by atoms with Crippen LogP contribution in [-0.2, 0) is 0 Å². The first-order chi connectivity index (χ1) is 12.9. The summed E-state index contributed by atoms with van der Waals surface area (Å²) in [6.45, 7) is 3.68. The lowest BCUT2D eigenvalue weighted by molar-refractivity contribution is 0.102. The standard InChI is InChI=1S/C20H14Cl2N2O2S/c1-11-7-14(19-6-3-12(2)26-19)15(9-23)20(24-11)27-10-18(25)13-4-5-16(21)17(22)8-13/h3-8H,10H2,1-2H3. The van der Waals surface area contributed by atoms with E-state index in [1.807, 2.05) is 32.0 Å². The number of hydrogen-bond acceptors (Lipinski definition) is 5. The van der Waals surface area contributed by atoms with Crippen LogP contribution < -0.4 is 0 Å². The van der Waals surface area contributed by atoms with E-state index >= 15 is 0 Å². The number of furan rings is 1. The van der Waals surface area contributed by atoms with Gasteiger partial charge in [-0.05, 0) is 50.2 Å². The van der Waals surface area contributed by atoms with Gasteiger partial charge in [0, 0.05) is 16.8 Å². The third kappa shape index (κ3) is 4.36. The van der Waals surface area contributed by atoms with E-state index in [1.165, 1.54) is 11.8 Å². The summed E-state index contributed by atoms with van der Waals surface area (Å²) in [6.07, 6.45) is 0. The molecule has 0 amide bonds. The van der Waals surface area contributed by atoms with Crippen LogP contribution in [0.3, 0.4) is 0 Å². The summed E-state index contributed by atoms with van der Waals surface area (Å²) in [5.74, 6) is 1.36. The van der Waals surface area contributed by atoms with E-state index in [2.05, 4.69) is 11.1 Å². The van der Waals surface area contributed by atoms with Gasteiger partial charge in [-0.15, -0.1) is 0 Å². The van der Waals surface area contributed by atoms with Crippen molar-refractivity contribution in [2.24, 2.45) is 0 Å². The Balaban J connectivity index is 1.88. The molecular formula is C20H14Cl2N2O2S. The third-order valence-electron chi connectivity index (χ3n) is 3.81. The second kappa shape index (κ2) is 8.18. The molecule has 2 heterocycles. The molecule has 136 valence electrons. The van der Waals surface area contributed by atoms with Crippen LogP contribution in [0.2, 0.25) is 10.0 Å². The van der Waals surface area contributed by atoms with E-state index in [1.54, 1.807) is 18.2 Å². The molecule has 2 aromatic heterocycles. The van der Waals surface area contributed by atoms with Crippen LogP contribution in [0.4, 0.5) is 0 Å². The largest absolute Gasteiger partial charge is 0.461 e. The summed E-state index contributed by atoms with van der Waals surface area (Å²) < 4.78 is 5.66. The van der Waals surface area contributed by atoms with E-state index < -0.39 is 0 Å². The molecule has 0 unspecified atom stereocenters. The van der Waals surface area contributed by atoms with Crippen molar-refractivity contribution >= 4 is 40.7 Å². The summed E-state index contributed by atoms with van der Waals surface area (Å²) in [7, 11) is 0. The first kappa shape index (κ1) is 19.5. The van der Waals surface area contributed by atoms with Crippen molar-refractivity contribution in [1.82, 2.24) is 4.98 Å². The predicted molar refractivity (Wildman–Crippen MR) is 108 cm³/mol. The van der Waals surface area contributed by atoms with Gasteiger partial charge in [-0.1, -0.05) is 35.0 Å². The fourth-order valence-corrected chi connectivity index (χ4v) is 3.76. The number of hydrogen-bond donors (Lipinski definition) is 0. The number of rotatable bonds is 5. The van der Waals surface area contributed by atoms with Crippen molar-refractivity contribution in [2.75, 3.05) is 5.75 Å². The minimum atomic E-state index is -0.124. The summed E-state index contributed by atoms with van der Waals surface area (Å²) >= 11 is 13.1. The fourth-order valence-electron chi connectivity index (χ4n) is 2.52. The molecule has 4 nitrogen and oxygen atoms in total. The maximum absolute atomic E-state index is 12.5. The van der Waals surface area contributed by atoms with Gasteiger partial charge >= 0.3 is 0 Å². The second-order valence-electron chi connectivity index (χ2n) is 5.85. The monoisotopic (exact) mass is 416 g/mol. The minimum Gasteiger partial charge on any atom is -0.461 e.